The van der Waals surface area contributed by atoms with Gasteiger partial charge in [0.25, 0.3) is 0 Å². The summed E-state index contributed by atoms with van der Waals surface area (Å²) >= 11 is 0. The normalized spacial score (nSPS) is 12.9. The molecule has 0 radical (unpaired) electrons. The highest BCUT2D eigenvalue weighted by Crippen LogP contribution is 2.54. The van der Waals surface area contributed by atoms with Crippen molar-refractivity contribution in [1.82, 2.24) is 0 Å². The molecule has 2 nitrogen and oxygen atoms in total. The van der Waals surface area contributed by atoms with Crippen LogP contribution in [0.3, 0.4) is 0 Å². The molecule has 1 aromatic heterocycles. The number of para-hydroxylation sites is 2. The molecule has 1 aliphatic carbocycles. The van der Waals surface area contributed by atoms with Crippen molar-refractivity contribution in [2.45, 2.75) is 19.3 Å². The van der Waals surface area contributed by atoms with E-state index in [1.807, 2.05) is 12.1 Å². The van der Waals surface area contributed by atoms with Gasteiger partial charge >= 0.3 is 0 Å². The van der Waals surface area contributed by atoms with Crippen LogP contribution >= 0.6 is 0 Å². The second-order valence-corrected chi connectivity index (χ2v) is 15.7. The van der Waals surface area contributed by atoms with Gasteiger partial charge < -0.3 is 9.32 Å². The number of fused-ring (bicyclic) bond motifs is 5. The Balaban J connectivity index is 1.13. The van der Waals surface area contributed by atoms with Crippen molar-refractivity contribution in [3.05, 3.63) is 211 Å². The zero-order chi connectivity index (χ0) is 38.1. The summed E-state index contributed by atoms with van der Waals surface area (Å²) in [5.74, 6) is 0. The molecule has 57 heavy (non-hydrogen) atoms. The van der Waals surface area contributed by atoms with Gasteiger partial charge in [0.2, 0.25) is 0 Å². The van der Waals surface area contributed by atoms with E-state index < -0.39 is 0 Å². The molecule has 0 aliphatic heterocycles. The lowest BCUT2D eigenvalue weighted by molar-refractivity contribution is 0.645. The largest absolute Gasteiger partial charge is 0.455 e. The molecular formula is C55H39NO. The Morgan fingerprint density at radius 3 is 1.75 bits per heavy atom. The fourth-order valence-corrected chi connectivity index (χ4v) is 9.22. The number of furan rings is 1. The van der Waals surface area contributed by atoms with Crippen LogP contribution in [0.15, 0.2) is 205 Å². The summed E-state index contributed by atoms with van der Waals surface area (Å²) in [5, 5.41) is 4.84. The molecule has 0 saturated carbocycles. The Hall–Kier alpha value is -7.16. The van der Waals surface area contributed by atoms with Crippen LogP contribution in [-0.4, -0.2) is 0 Å². The minimum absolute atomic E-state index is 0.183. The monoisotopic (exact) mass is 729 g/mol. The van der Waals surface area contributed by atoms with Gasteiger partial charge in [0.05, 0.1) is 5.69 Å². The Labute approximate surface area is 332 Å². The average molecular weight is 730 g/mol. The maximum Gasteiger partial charge on any atom is 0.143 e. The molecule has 0 bridgehead atoms. The zero-order valence-electron chi connectivity index (χ0n) is 31.9. The molecule has 2 heteroatoms. The fourth-order valence-electron chi connectivity index (χ4n) is 9.22. The van der Waals surface area contributed by atoms with E-state index in [1.54, 1.807) is 0 Å². The third-order valence-electron chi connectivity index (χ3n) is 12.1. The molecule has 9 aromatic carbocycles. The molecule has 1 heterocycles. The summed E-state index contributed by atoms with van der Waals surface area (Å²) in [6, 6.07) is 72.7. The van der Waals surface area contributed by atoms with Gasteiger partial charge in [-0.05, 0) is 97.7 Å². The minimum Gasteiger partial charge on any atom is -0.455 e. The number of nitrogens with zero attached hydrogens (tertiary/aromatic N) is 1. The third-order valence-corrected chi connectivity index (χ3v) is 12.1. The molecular weight excluding hydrogens is 691 g/mol. The van der Waals surface area contributed by atoms with Crippen molar-refractivity contribution < 1.29 is 4.42 Å². The first-order valence-electron chi connectivity index (χ1n) is 19.8. The van der Waals surface area contributed by atoms with E-state index in [9.17, 15) is 0 Å². The van der Waals surface area contributed by atoms with Crippen molar-refractivity contribution in [1.29, 1.82) is 0 Å². The number of benzene rings is 9. The maximum atomic E-state index is 6.47. The Morgan fingerprint density at radius 2 is 1.02 bits per heavy atom. The summed E-state index contributed by atoms with van der Waals surface area (Å²) in [6.07, 6.45) is 0. The lowest BCUT2D eigenvalue weighted by Crippen LogP contribution is -2.24. The topological polar surface area (TPSA) is 16.4 Å². The lowest BCUT2D eigenvalue weighted by Gasteiger charge is -2.38. The van der Waals surface area contributed by atoms with Crippen LogP contribution in [0.4, 0.5) is 17.1 Å². The molecule has 0 N–H and O–H groups in total. The van der Waals surface area contributed by atoms with Crippen LogP contribution < -0.4 is 4.90 Å². The molecule has 10 aromatic rings. The van der Waals surface area contributed by atoms with Gasteiger partial charge in [0, 0.05) is 38.7 Å². The predicted molar refractivity (Wildman–Crippen MR) is 240 cm³/mol. The van der Waals surface area contributed by atoms with Crippen LogP contribution in [0.1, 0.15) is 25.0 Å². The molecule has 0 amide bonds. The van der Waals surface area contributed by atoms with Gasteiger partial charge in [0.1, 0.15) is 11.2 Å². The SMILES string of the molecule is CC1(C)c2ccc(-c3ccccc3)cc2-c2c(N(c3ccc(-c4ccccc4)cc3)c3ccc(-c4cccc5c4oc4ccccc45)cc3)ccc3cccc1c23. The van der Waals surface area contributed by atoms with Crippen LogP contribution in [0.25, 0.3) is 77.2 Å². The van der Waals surface area contributed by atoms with Gasteiger partial charge in [-0.1, -0.05) is 172 Å². The summed E-state index contributed by atoms with van der Waals surface area (Å²) in [7, 11) is 0. The van der Waals surface area contributed by atoms with E-state index in [1.165, 1.54) is 55.3 Å². The van der Waals surface area contributed by atoms with Crippen molar-refractivity contribution in [2.75, 3.05) is 4.90 Å². The molecule has 0 saturated heterocycles. The molecule has 270 valence electrons. The van der Waals surface area contributed by atoms with Crippen LogP contribution in [-0.2, 0) is 5.41 Å². The van der Waals surface area contributed by atoms with Crippen molar-refractivity contribution >= 4 is 49.8 Å². The molecule has 11 rings (SSSR count). The molecule has 0 spiro atoms. The second kappa shape index (κ2) is 13.0. The van der Waals surface area contributed by atoms with E-state index in [2.05, 4.69) is 207 Å². The average Bonchev–Trinajstić information content (AvgIpc) is 3.66. The summed E-state index contributed by atoms with van der Waals surface area (Å²) < 4.78 is 6.47. The van der Waals surface area contributed by atoms with Gasteiger partial charge in [0.15, 0.2) is 0 Å². The Kier molecular flexibility index (Phi) is 7.55. The van der Waals surface area contributed by atoms with E-state index >= 15 is 0 Å². The molecule has 0 atom stereocenters. The maximum absolute atomic E-state index is 6.47. The third kappa shape index (κ3) is 5.33. The first-order chi connectivity index (χ1) is 28.0. The van der Waals surface area contributed by atoms with Crippen LogP contribution in [0.5, 0.6) is 0 Å². The smallest absolute Gasteiger partial charge is 0.143 e. The first kappa shape index (κ1) is 33.2. The highest BCUT2D eigenvalue weighted by molar-refractivity contribution is 6.11. The number of hydrogen-bond acceptors (Lipinski definition) is 2. The van der Waals surface area contributed by atoms with Gasteiger partial charge in [-0.25, -0.2) is 0 Å². The highest BCUT2D eigenvalue weighted by atomic mass is 16.3. The van der Waals surface area contributed by atoms with Crippen molar-refractivity contribution in [3.8, 4) is 44.5 Å². The van der Waals surface area contributed by atoms with Gasteiger partial charge in [-0.15, -0.1) is 0 Å². The fraction of sp³-hybridized carbons (Fsp3) is 0.0545. The quantitative estimate of drug-likeness (QED) is 0.169. The predicted octanol–water partition coefficient (Wildman–Crippen LogP) is 15.5. The minimum atomic E-state index is -0.183. The Bertz CT molecular complexity index is 3120. The second-order valence-electron chi connectivity index (χ2n) is 15.7. The van der Waals surface area contributed by atoms with Crippen LogP contribution in [0.2, 0.25) is 0 Å². The number of rotatable bonds is 6. The summed E-state index contributed by atoms with van der Waals surface area (Å²) in [5.41, 5.74) is 17.2. The summed E-state index contributed by atoms with van der Waals surface area (Å²) in [6.45, 7) is 4.75. The molecule has 1 aliphatic rings. The van der Waals surface area contributed by atoms with Gasteiger partial charge in [-0.3, -0.25) is 0 Å². The lowest BCUT2D eigenvalue weighted by atomic mass is 9.67. The van der Waals surface area contributed by atoms with E-state index in [0.717, 1.165) is 50.1 Å². The first-order valence-corrected chi connectivity index (χ1v) is 19.8. The zero-order valence-corrected chi connectivity index (χ0v) is 31.9. The van der Waals surface area contributed by atoms with E-state index in [-0.39, 0.29) is 5.41 Å². The standard InChI is InChI=1S/C55H39NO/c1-55(2)48-33-27-41(37-15-7-4-8-16-37)35-47(48)53-50(34-28-40-17-11-21-49(55)52(40)53)56(42-29-23-38(24-30-42)36-13-5-3-6-14-36)43-31-25-39(26-32-43)44-19-12-20-46-45-18-9-10-22-51(45)57-54(44)46/h3-35H,1-2H3. The van der Waals surface area contributed by atoms with Crippen molar-refractivity contribution in [2.24, 2.45) is 0 Å². The van der Waals surface area contributed by atoms with Crippen molar-refractivity contribution in [3.63, 3.8) is 0 Å². The Morgan fingerprint density at radius 1 is 0.421 bits per heavy atom. The van der Waals surface area contributed by atoms with E-state index in [4.69, 9.17) is 4.42 Å². The number of hydrogen-bond donors (Lipinski definition) is 0. The molecule has 0 unspecified atom stereocenters. The molecule has 0 fully saturated rings. The number of anilines is 3. The van der Waals surface area contributed by atoms with Gasteiger partial charge in [-0.2, -0.15) is 0 Å². The highest BCUT2D eigenvalue weighted by Gasteiger charge is 2.36. The van der Waals surface area contributed by atoms with Crippen LogP contribution in [0, 0.1) is 0 Å². The van der Waals surface area contributed by atoms with E-state index in [0.29, 0.717) is 0 Å². The summed E-state index contributed by atoms with van der Waals surface area (Å²) in [4.78, 5) is 2.45.